The number of amides is 2. The monoisotopic (exact) mass is 519 g/mol. The first kappa shape index (κ1) is 26.7. The molecule has 36 heavy (non-hydrogen) atoms. The van der Waals surface area contributed by atoms with E-state index in [4.69, 9.17) is 9.72 Å². The number of rotatable bonds is 8. The van der Waals surface area contributed by atoms with Gasteiger partial charge in [0, 0.05) is 41.8 Å². The van der Waals surface area contributed by atoms with Crippen molar-refractivity contribution in [2.24, 2.45) is 16.7 Å². The molecule has 8 nitrogen and oxygen atoms in total. The Morgan fingerprint density at radius 3 is 2.81 bits per heavy atom. The first-order valence-electron chi connectivity index (χ1n) is 12.2. The molecule has 1 aromatic carbocycles. The number of thiazole rings is 1. The van der Waals surface area contributed by atoms with Crippen molar-refractivity contribution in [3.05, 3.63) is 46.2 Å². The average molecular weight is 520 g/mol. The first-order valence-corrected chi connectivity index (χ1v) is 13.0. The number of aliphatic hydroxyl groups excluding tert-OH is 2. The predicted octanol–water partition coefficient (Wildman–Crippen LogP) is 3.10. The van der Waals surface area contributed by atoms with Crippen LogP contribution in [0.1, 0.15) is 60.0 Å². The molecule has 1 heterocycles. The summed E-state index contributed by atoms with van der Waals surface area (Å²) < 4.78 is 18.6. The number of methoxy groups -OCH3 is 1. The Morgan fingerprint density at radius 2 is 2.11 bits per heavy atom. The number of benzene rings is 1. The second kappa shape index (κ2) is 10.5. The number of nitrogens with zero attached hydrogens (tertiary/aromatic N) is 1. The number of aliphatic hydroxyl groups is 2. The van der Waals surface area contributed by atoms with Crippen LogP contribution in [0, 0.1) is 22.6 Å². The van der Waals surface area contributed by atoms with Crippen molar-refractivity contribution in [3.8, 4) is 0 Å². The van der Waals surface area contributed by atoms with Crippen molar-refractivity contribution in [1.82, 2.24) is 10.3 Å². The summed E-state index contributed by atoms with van der Waals surface area (Å²) in [5.41, 5.74) is -0.161. The van der Waals surface area contributed by atoms with E-state index in [0.29, 0.717) is 37.5 Å². The lowest BCUT2D eigenvalue weighted by Crippen LogP contribution is -2.57. The van der Waals surface area contributed by atoms with E-state index in [1.165, 1.54) is 35.6 Å². The van der Waals surface area contributed by atoms with Crippen LogP contribution in [0.15, 0.2) is 24.3 Å². The van der Waals surface area contributed by atoms with Crippen molar-refractivity contribution in [2.75, 3.05) is 32.2 Å². The molecule has 0 bridgehead atoms. The molecule has 2 amide bonds. The lowest BCUT2D eigenvalue weighted by atomic mass is 9.47. The van der Waals surface area contributed by atoms with Gasteiger partial charge in [-0.15, -0.1) is 11.3 Å². The first-order chi connectivity index (χ1) is 17.1. The smallest absolute Gasteiger partial charge is 0.257 e. The molecule has 0 aliphatic heterocycles. The fraction of sp³-hybridized carbons (Fsp3) is 0.577. The summed E-state index contributed by atoms with van der Waals surface area (Å²) >= 11 is 1.33. The molecule has 0 saturated heterocycles. The second-order valence-corrected chi connectivity index (χ2v) is 11.5. The molecule has 4 rings (SSSR count). The SMILES string of the molecule is COCCNC(=O)C[C@@H]1c2nc(NC(=O)c3cccc(F)c3)sc2C[C@@H]2[C@](C)(CO)[C@H](O)CC[C@]21C. The summed E-state index contributed by atoms with van der Waals surface area (Å²) in [6.07, 6.45) is 1.33. The number of aromatic nitrogens is 1. The number of anilines is 1. The van der Waals surface area contributed by atoms with E-state index in [-0.39, 0.29) is 41.7 Å². The van der Waals surface area contributed by atoms with Gasteiger partial charge in [0.2, 0.25) is 5.91 Å². The Balaban J connectivity index is 1.68. The van der Waals surface area contributed by atoms with Gasteiger partial charge in [-0.3, -0.25) is 14.9 Å². The third-order valence-electron chi connectivity index (χ3n) is 8.22. The number of hydrogen-bond acceptors (Lipinski definition) is 7. The van der Waals surface area contributed by atoms with Gasteiger partial charge >= 0.3 is 0 Å². The summed E-state index contributed by atoms with van der Waals surface area (Å²) in [4.78, 5) is 31.3. The molecule has 1 saturated carbocycles. The fourth-order valence-corrected chi connectivity index (χ4v) is 7.11. The third kappa shape index (κ3) is 4.91. The van der Waals surface area contributed by atoms with Crippen LogP contribution in [-0.4, -0.2) is 60.0 Å². The lowest BCUT2D eigenvalue weighted by molar-refractivity contribution is -0.144. The zero-order valence-corrected chi connectivity index (χ0v) is 21.7. The van der Waals surface area contributed by atoms with E-state index < -0.39 is 23.2 Å². The van der Waals surface area contributed by atoms with Gasteiger partial charge < -0.3 is 20.3 Å². The minimum Gasteiger partial charge on any atom is -0.396 e. The van der Waals surface area contributed by atoms with E-state index in [9.17, 15) is 24.2 Å². The van der Waals surface area contributed by atoms with Crippen molar-refractivity contribution in [3.63, 3.8) is 0 Å². The minimum atomic E-state index is -0.732. The van der Waals surface area contributed by atoms with E-state index >= 15 is 0 Å². The molecule has 2 aliphatic rings. The highest BCUT2D eigenvalue weighted by atomic mass is 32.1. The van der Waals surface area contributed by atoms with Gasteiger partial charge in [0.05, 0.1) is 25.0 Å². The van der Waals surface area contributed by atoms with Crippen LogP contribution in [0.25, 0.3) is 0 Å². The molecule has 2 aliphatic carbocycles. The lowest BCUT2D eigenvalue weighted by Gasteiger charge is -2.58. The van der Waals surface area contributed by atoms with Crippen molar-refractivity contribution < 1.29 is 28.9 Å². The molecule has 196 valence electrons. The Bertz CT molecular complexity index is 1130. The van der Waals surface area contributed by atoms with Crippen LogP contribution in [0.5, 0.6) is 0 Å². The zero-order valence-electron chi connectivity index (χ0n) is 20.8. The summed E-state index contributed by atoms with van der Waals surface area (Å²) in [6.45, 7) is 4.67. The number of hydrogen-bond donors (Lipinski definition) is 4. The second-order valence-electron chi connectivity index (χ2n) is 10.4. The Hall–Kier alpha value is -2.40. The molecule has 1 fully saturated rings. The number of carbonyl (C=O) groups excluding carboxylic acids is 2. The average Bonchev–Trinajstić information content (AvgIpc) is 3.25. The highest BCUT2D eigenvalue weighted by Crippen LogP contribution is 2.62. The van der Waals surface area contributed by atoms with Crippen LogP contribution >= 0.6 is 11.3 Å². The van der Waals surface area contributed by atoms with Crippen molar-refractivity contribution >= 4 is 28.3 Å². The zero-order chi connectivity index (χ0) is 26.1. The van der Waals surface area contributed by atoms with E-state index in [0.717, 1.165) is 10.6 Å². The van der Waals surface area contributed by atoms with Gasteiger partial charge in [0.1, 0.15) is 5.82 Å². The van der Waals surface area contributed by atoms with Crippen molar-refractivity contribution in [2.45, 2.75) is 51.6 Å². The van der Waals surface area contributed by atoms with Crippen LogP contribution in [0.4, 0.5) is 9.52 Å². The van der Waals surface area contributed by atoms with Crippen LogP contribution in [-0.2, 0) is 16.0 Å². The van der Waals surface area contributed by atoms with Crippen LogP contribution in [0.3, 0.4) is 0 Å². The van der Waals surface area contributed by atoms with E-state index in [1.54, 1.807) is 7.11 Å². The third-order valence-corrected chi connectivity index (χ3v) is 9.23. The highest BCUT2D eigenvalue weighted by molar-refractivity contribution is 7.15. The van der Waals surface area contributed by atoms with E-state index in [2.05, 4.69) is 17.6 Å². The minimum absolute atomic E-state index is 0.0877. The van der Waals surface area contributed by atoms with Crippen LogP contribution in [0.2, 0.25) is 0 Å². The molecular weight excluding hydrogens is 485 g/mol. The molecule has 10 heteroatoms. The summed E-state index contributed by atoms with van der Waals surface area (Å²) in [5.74, 6) is -1.44. The maximum Gasteiger partial charge on any atom is 0.257 e. The number of nitrogens with one attached hydrogen (secondary N) is 2. The van der Waals surface area contributed by atoms with Gasteiger partial charge in [0.15, 0.2) is 5.13 Å². The number of halogens is 1. The van der Waals surface area contributed by atoms with E-state index in [1.807, 2.05) is 6.92 Å². The maximum absolute atomic E-state index is 13.6. The predicted molar refractivity (Wildman–Crippen MR) is 134 cm³/mol. The molecule has 5 atom stereocenters. The number of fused-ring (bicyclic) bond motifs is 2. The number of ether oxygens (including phenoxy) is 1. The Kier molecular flexibility index (Phi) is 7.80. The standard InChI is InChI=1S/C26H34FN3O5S/c1-25-8-7-20(32)26(2,14-31)19(25)13-18-22(17(25)12-21(33)28-9-10-35-3)29-24(36-18)30-23(34)15-5-4-6-16(27)11-15/h4-6,11,17,19-20,31-32H,7-10,12-14H2,1-3H3,(H,28,33)(H,29,30,34)/t17-,19+,20-,25+,26+/m1/s1. The van der Waals surface area contributed by atoms with Gasteiger partial charge in [0.25, 0.3) is 5.91 Å². The molecule has 0 unspecified atom stereocenters. The molecule has 4 N–H and O–H groups in total. The topological polar surface area (TPSA) is 121 Å². The molecular formula is C26H34FN3O5S. The fourth-order valence-electron chi connectivity index (χ4n) is 6.05. The summed E-state index contributed by atoms with van der Waals surface area (Å²) in [6, 6.07) is 5.44. The van der Waals surface area contributed by atoms with Gasteiger partial charge in [-0.2, -0.15) is 0 Å². The van der Waals surface area contributed by atoms with Gasteiger partial charge in [-0.25, -0.2) is 9.37 Å². The van der Waals surface area contributed by atoms with Gasteiger partial charge in [-0.05, 0) is 48.8 Å². The normalized spacial score (nSPS) is 29.2. The van der Waals surface area contributed by atoms with Gasteiger partial charge in [-0.1, -0.05) is 19.9 Å². The summed E-state index contributed by atoms with van der Waals surface area (Å²) in [7, 11) is 1.57. The largest absolute Gasteiger partial charge is 0.396 e. The Labute approximate surface area is 214 Å². The Morgan fingerprint density at radius 1 is 1.33 bits per heavy atom. The molecule has 2 aromatic rings. The summed E-state index contributed by atoms with van der Waals surface area (Å²) in [5, 5.41) is 27.3. The molecule has 0 spiro atoms. The maximum atomic E-state index is 13.6. The number of carbonyl (C=O) groups is 2. The quantitative estimate of drug-likeness (QED) is 0.398. The highest BCUT2D eigenvalue weighted by Gasteiger charge is 2.59. The van der Waals surface area contributed by atoms with Crippen LogP contribution < -0.4 is 10.6 Å². The molecule has 1 aromatic heterocycles. The van der Waals surface area contributed by atoms with Crippen molar-refractivity contribution in [1.29, 1.82) is 0 Å². The molecule has 0 radical (unpaired) electrons.